The van der Waals surface area contributed by atoms with Gasteiger partial charge in [-0.15, -0.1) is 11.8 Å². The number of aliphatic hydroxyl groups excluding tert-OH is 1. The lowest BCUT2D eigenvalue weighted by Crippen LogP contribution is -2.63. The van der Waals surface area contributed by atoms with Gasteiger partial charge in [0.2, 0.25) is 12.2 Å². The van der Waals surface area contributed by atoms with Crippen molar-refractivity contribution in [3.8, 4) is 0 Å². The van der Waals surface area contributed by atoms with Crippen LogP contribution in [-0.2, 0) is 39.9 Å². The second kappa shape index (κ2) is 15.4. The third kappa shape index (κ3) is 9.28. The molecule has 1 amide bonds. The SMILES string of the molecule is CC(C)OC(=O)OC(C)OC(=O)C1=C(SC2CN(Cc3ccc(F)cc3)C2)[C@H](C)[C@@H]2[C@@H]([C@@H](C)O)C(=O)N12.O=C(O)/C=C/C(=O)O. The van der Waals surface area contributed by atoms with Crippen LogP contribution in [0.3, 0.4) is 0 Å². The number of likely N-dealkylation sites (tertiary alicyclic amines) is 1. The first-order valence-electron chi connectivity index (χ1n) is 14.2. The molecule has 4 rings (SSSR count). The molecule has 3 aliphatic heterocycles. The molecule has 0 spiro atoms. The highest BCUT2D eigenvalue weighted by Crippen LogP contribution is 2.52. The molecular weight excluding hydrogens is 615 g/mol. The largest absolute Gasteiger partial charge is 0.511 e. The molecule has 2 saturated heterocycles. The predicted molar refractivity (Wildman–Crippen MR) is 158 cm³/mol. The zero-order valence-electron chi connectivity index (χ0n) is 25.4. The second-order valence-electron chi connectivity index (χ2n) is 11.0. The molecule has 0 saturated carbocycles. The Kier molecular flexibility index (Phi) is 12.1. The number of halogens is 1. The number of ether oxygens (including phenoxy) is 3. The first-order chi connectivity index (χ1) is 21.1. The number of carboxylic acids is 2. The molecule has 1 unspecified atom stereocenters. The smallest absolute Gasteiger partial charge is 0.478 e. The molecule has 3 N–H and O–H groups in total. The van der Waals surface area contributed by atoms with Gasteiger partial charge in [0, 0.05) is 54.8 Å². The number of thioether (sulfide) groups is 1. The number of esters is 1. The zero-order chi connectivity index (χ0) is 33.6. The first-order valence-corrected chi connectivity index (χ1v) is 15.1. The molecule has 5 atom stereocenters. The number of β-lactam (4-membered cyclic amide) rings is 1. The monoisotopic (exact) mass is 652 g/mol. The van der Waals surface area contributed by atoms with E-state index in [1.54, 1.807) is 32.9 Å². The molecule has 0 bridgehead atoms. The van der Waals surface area contributed by atoms with Crippen LogP contribution in [0.1, 0.15) is 40.2 Å². The third-order valence-electron chi connectivity index (χ3n) is 7.07. The summed E-state index contributed by atoms with van der Waals surface area (Å²) < 4.78 is 28.5. The summed E-state index contributed by atoms with van der Waals surface area (Å²) in [6, 6.07) is 6.07. The summed E-state index contributed by atoms with van der Waals surface area (Å²) in [5.41, 5.74) is 1.16. The number of aliphatic hydroxyl groups is 1. The number of amides is 1. The van der Waals surface area contributed by atoms with E-state index in [4.69, 9.17) is 24.4 Å². The number of nitrogens with zero attached hydrogens (tertiary/aromatic N) is 2. The van der Waals surface area contributed by atoms with Gasteiger partial charge in [-0.1, -0.05) is 19.1 Å². The van der Waals surface area contributed by atoms with Crippen molar-refractivity contribution >= 4 is 41.7 Å². The number of hydrogen-bond acceptors (Lipinski definition) is 11. The fourth-order valence-electron chi connectivity index (χ4n) is 5.15. The summed E-state index contributed by atoms with van der Waals surface area (Å²) in [4.78, 5) is 61.4. The number of carbonyl (C=O) groups excluding carboxylic acids is 3. The van der Waals surface area contributed by atoms with Gasteiger partial charge in [-0.3, -0.25) is 9.69 Å². The summed E-state index contributed by atoms with van der Waals surface area (Å²) in [5, 5.41) is 26.0. The number of fused-ring (bicyclic) bond motifs is 1. The van der Waals surface area contributed by atoms with Gasteiger partial charge in [-0.25, -0.2) is 23.6 Å². The van der Waals surface area contributed by atoms with Crippen molar-refractivity contribution in [3.05, 3.63) is 58.4 Å². The van der Waals surface area contributed by atoms with Gasteiger partial charge in [0.15, 0.2) is 0 Å². The Morgan fingerprint density at radius 2 is 1.58 bits per heavy atom. The minimum Gasteiger partial charge on any atom is -0.478 e. The molecule has 1 aromatic rings. The van der Waals surface area contributed by atoms with Gasteiger partial charge in [0.25, 0.3) is 0 Å². The quantitative estimate of drug-likeness (QED) is 0.138. The Hall–Kier alpha value is -3.95. The topological polar surface area (TPSA) is 180 Å². The summed E-state index contributed by atoms with van der Waals surface area (Å²) in [6.07, 6.45) is -2.29. The van der Waals surface area contributed by atoms with Crippen molar-refractivity contribution in [1.29, 1.82) is 0 Å². The van der Waals surface area contributed by atoms with E-state index < -0.39 is 48.5 Å². The van der Waals surface area contributed by atoms with Gasteiger partial charge >= 0.3 is 24.1 Å². The van der Waals surface area contributed by atoms with Crippen molar-refractivity contribution in [3.63, 3.8) is 0 Å². The first kappa shape index (κ1) is 35.5. The third-order valence-corrected chi connectivity index (χ3v) is 8.52. The number of aliphatic carboxylic acids is 2. The number of benzene rings is 1. The minimum atomic E-state index is -1.26. The van der Waals surface area contributed by atoms with Crippen molar-refractivity contribution in [1.82, 2.24) is 9.80 Å². The van der Waals surface area contributed by atoms with Crippen LogP contribution in [0.5, 0.6) is 0 Å². The molecule has 45 heavy (non-hydrogen) atoms. The van der Waals surface area contributed by atoms with E-state index >= 15 is 0 Å². The summed E-state index contributed by atoms with van der Waals surface area (Å²) in [5.74, 6) is -4.64. The van der Waals surface area contributed by atoms with Gasteiger partial charge < -0.3 is 34.4 Å². The summed E-state index contributed by atoms with van der Waals surface area (Å²) in [6.45, 7) is 10.5. The standard InChI is InChI=1S/C26H33FN2O7S.C4H4O4/c1-13(2)34-26(33)36-16(5)35-25(32)22-23(14(3)21-20(15(4)30)24(31)29(21)22)37-19-11-28(12-19)10-17-6-8-18(27)9-7-17;5-3(6)1-2-4(7)8/h6-9,13-16,19-21,30H,10-12H2,1-5H3;1-2H,(H,5,6)(H,7,8)/b;2-1+/t14-,15-,16?,20-,21-;/m1./s1. The maximum Gasteiger partial charge on any atom is 0.511 e. The predicted octanol–water partition coefficient (Wildman–Crippen LogP) is 2.97. The van der Waals surface area contributed by atoms with E-state index in [0.29, 0.717) is 18.7 Å². The Labute approximate surface area is 263 Å². The van der Waals surface area contributed by atoms with Crippen molar-refractivity contribution in [2.45, 2.75) is 71.0 Å². The van der Waals surface area contributed by atoms with E-state index in [1.165, 1.54) is 35.7 Å². The van der Waals surface area contributed by atoms with Crippen molar-refractivity contribution in [2.75, 3.05) is 13.1 Å². The van der Waals surface area contributed by atoms with Gasteiger partial charge in [0.1, 0.15) is 11.5 Å². The molecule has 2 fully saturated rings. The van der Waals surface area contributed by atoms with Crippen LogP contribution in [0.15, 0.2) is 47.0 Å². The Morgan fingerprint density at radius 1 is 1.00 bits per heavy atom. The fraction of sp³-hybridized carbons (Fsp3) is 0.500. The zero-order valence-corrected chi connectivity index (χ0v) is 26.2. The molecule has 0 aliphatic carbocycles. The van der Waals surface area contributed by atoms with E-state index in [0.717, 1.165) is 23.6 Å². The Morgan fingerprint density at radius 3 is 2.09 bits per heavy atom. The maximum atomic E-state index is 13.2. The maximum absolute atomic E-state index is 13.2. The van der Waals surface area contributed by atoms with Crippen LogP contribution in [0.4, 0.5) is 9.18 Å². The lowest BCUT2D eigenvalue weighted by atomic mass is 9.79. The molecule has 246 valence electrons. The number of hydrogen-bond donors (Lipinski definition) is 3. The highest BCUT2D eigenvalue weighted by atomic mass is 32.2. The number of rotatable bonds is 11. The molecule has 13 nitrogen and oxygen atoms in total. The van der Waals surface area contributed by atoms with Crippen LogP contribution in [-0.4, -0.2) is 98.0 Å². The molecule has 3 aliphatic rings. The molecule has 1 aromatic carbocycles. The van der Waals surface area contributed by atoms with E-state index in [9.17, 15) is 33.5 Å². The van der Waals surface area contributed by atoms with Crippen LogP contribution in [0.2, 0.25) is 0 Å². The Bertz CT molecular complexity index is 1330. The molecular formula is C30H37FN2O11S. The lowest BCUT2D eigenvalue weighted by molar-refractivity contribution is -0.174. The average Bonchev–Trinajstić information content (AvgIpc) is 3.14. The van der Waals surface area contributed by atoms with Gasteiger partial charge in [-0.2, -0.15) is 0 Å². The van der Waals surface area contributed by atoms with E-state index in [2.05, 4.69) is 4.90 Å². The molecule has 0 aromatic heterocycles. The van der Waals surface area contributed by atoms with E-state index in [1.807, 2.05) is 6.92 Å². The summed E-state index contributed by atoms with van der Waals surface area (Å²) in [7, 11) is 0. The normalized spacial score (nSPS) is 22.5. The average molecular weight is 653 g/mol. The number of carboxylic acid groups (broad SMARTS) is 2. The highest BCUT2D eigenvalue weighted by molar-refractivity contribution is 8.03. The van der Waals surface area contributed by atoms with Gasteiger partial charge in [-0.05, 0) is 38.5 Å². The number of carbonyl (C=O) groups is 5. The van der Waals surface area contributed by atoms with Crippen LogP contribution in [0.25, 0.3) is 0 Å². The van der Waals surface area contributed by atoms with Gasteiger partial charge in [0.05, 0.1) is 24.2 Å². The minimum absolute atomic E-state index is 0.147. The molecule has 0 radical (unpaired) electrons. The second-order valence-corrected chi connectivity index (χ2v) is 12.4. The summed E-state index contributed by atoms with van der Waals surface area (Å²) >= 11 is 1.54. The Balaban J connectivity index is 0.000000610. The van der Waals surface area contributed by atoms with E-state index in [-0.39, 0.29) is 34.6 Å². The molecule has 15 heteroatoms. The van der Waals surface area contributed by atoms with Crippen LogP contribution >= 0.6 is 11.8 Å². The lowest BCUT2D eigenvalue weighted by Gasteiger charge is -2.46. The van der Waals surface area contributed by atoms with Crippen LogP contribution < -0.4 is 0 Å². The van der Waals surface area contributed by atoms with Crippen molar-refractivity contribution < 1.29 is 57.9 Å². The molecule has 3 heterocycles. The van der Waals surface area contributed by atoms with Crippen molar-refractivity contribution in [2.24, 2.45) is 11.8 Å². The van der Waals surface area contributed by atoms with Crippen LogP contribution in [0, 0.1) is 17.7 Å². The highest BCUT2D eigenvalue weighted by Gasteiger charge is 2.60. The fourth-order valence-corrected chi connectivity index (χ4v) is 6.73.